The van der Waals surface area contributed by atoms with E-state index in [1.165, 1.54) is 0 Å². The van der Waals surface area contributed by atoms with Crippen molar-refractivity contribution in [2.24, 2.45) is 0 Å². The molecule has 3 saturated heterocycles. The molecule has 0 radical (unpaired) electrons. The van der Waals surface area contributed by atoms with Gasteiger partial charge >= 0.3 is 0 Å². The molecule has 6 heteroatoms. The smallest absolute Gasteiger partial charge is 0.109 e. The van der Waals surface area contributed by atoms with Crippen LogP contribution in [0.2, 0.25) is 0 Å². The second-order valence-corrected chi connectivity index (χ2v) is 5.96. The Kier molecular flexibility index (Phi) is 5.85. The molecule has 0 aromatic carbocycles. The van der Waals surface area contributed by atoms with Crippen LogP contribution in [0.25, 0.3) is 0 Å². The largest absolute Gasteiger partial charge is 0.379 e. The minimum Gasteiger partial charge on any atom is -0.379 e. The maximum Gasteiger partial charge on any atom is 0.109 e. The van der Waals surface area contributed by atoms with Gasteiger partial charge in [0.1, 0.15) is 12.2 Å². The average molecular weight is 302 g/mol. The zero-order valence-electron chi connectivity index (χ0n) is 12.7. The molecule has 0 aromatic rings. The molecule has 3 aliphatic rings. The zero-order valence-corrected chi connectivity index (χ0v) is 12.7. The van der Waals surface area contributed by atoms with Crippen LogP contribution in [-0.4, -0.2) is 77.3 Å². The van der Waals surface area contributed by atoms with Crippen LogP contribution in [0.3, 0.4) is 0 Å². The Morgan fingerprint density at radius 2 is 1.95 bits per heavy atom. The third kappa shape index (κ3) is 4.37. The van der Waals surface area contributed by atoms with Gasteiger partial charge in [-0.3, -0.25) is 0 Å². The molecule has 0 spiro atoms. The number of rotatable bonds is 7. The van der Waals surface area contributed by atoms with E-state index in [1.807, 2.05) is 0 Å². The first kappa shape index (κ1) is 15.6. The molecule has 0 aliphatic carbocycles. The fourth-order valence-electron chi connectivity index (χ4n) is 2.88. The summed E-state index contributed by atoms with van der Waals surface area (Å²) in [7, 11) is 1.72. The zero-order chi connectivity index (χ0) is 14.5. The second-order valence-electron chi connectivity index (χ2n) is 5.96. The van der Waals surface area contributed by atoms with Crippen LogP contribution in [0.15, 0.2) is 0 Å². The number of hydrogen-bond donors (Lipinski definition) is 0. The Hall–Kier alpha value is -0.240. The summed E-state index contributed by atoms with van der Waals surface area (Å²) in [5.74, 6) is 0. The van der Waals surface area contributed by atoms with Crippen molar-refractivity contribution in [3.05, 3.63) is 0 Å². The summed E-state index contributed by atoms with van der Waals surface area (Å²) < 4.78 is 33.6. The molecule has 0 amide bonds. The topological polar surface area (TPSA) is 55.4 Å². The summed E-state index contributed by atoms with van der Waals surface area (Å²) in [6, 6.07) is 0. The Morgan fingerprint density at radius 3 is 2.62 bits per heavy atom. The summed E-state index contributed by atoms with van der Waals surface area (Å²) in [5.41, 5.74) is 0. The van der Waals surface area contributed by atoms with Crippen LogP contribution >= 0.6 is 0 Å². The molecule has 0 saturated carbocycles. The lowest BCUT2D eigenvalue weighted by Gasteiger charge is -2.37. The summed E-state index contributed by atoms with van der Waals surface area (Å²) in [4.78, 5) is 0. The van der Waals surface area contributed by atoms with Gasteiger partial charge in [0.15, 0.2) is 0 Å². The molecular formula is C15H26O6. The van der Waals surface area contributed by atoms with Gasteiger partial charge in [-0.2, -0.15) is 0 Å². The normalized spacial score (nSPS) is 40.1. The van der Waals surface area contributed by atoms with Crippen molar-refractivity contribution < 1.29 is 28.4 Å². The fraction of sp³-hybridized carbons (Fsp3) is 1.00. The van der Waals surface area contributed by atoms with Crippen LogP contribution in [0.5, 0.6) is 0 Å². The molecule has 21 heavy (non-hydrogen) atoms. The highest BCUT2D eigenvalue weighted by molar-refractivity contribution is 4.82. The third-order valence-electron chi connectivity index (χ3n) is 4.38. The van der Waals surface area contributed by atoms with E-state index < -0.39 is 0 Å². The molecule has 0 N–H and O–H groups in total. The van der Waals surface area contributed by atoms with Gasteiger partial charge in [0.05, 0.1) is 51.3 Å². The standard InChI is InChI=1S/C15H26O6/c1-16-12-5-13(18-7-12)8-20-15-10-21-14(15)9-19-11-3-2-4-17-6-11/h11-15H,2-10H2,1H3. The summed E-state index contributed by atoms with van der Waals surface area (Å²) in [6.45, 7) is 4.07. The second kappa shape index (κ2) is 7.85. The van der Waals surface area contributed by atoms with Crippen LogP contribution in [0, 0.1) is 0 Å². The van der Waals surface area contributed by atoms with E-state index in [1.54, 1.807) is 7.11 Å². The van der Waals surface area contributed by atoms with Crippen molar-refractivity contribution in [3.63, 3.8) is 0 Å². The Balaban J connectivity index is 1.29. The van der Waals surface area contributed by atoms with Crippen molar-refractivity contribution in [2.75, 3.05) is 46.8 Å². The highest BCUT2D eigenvalue weighted by Crippen LogP contribution is 2.22. The van der Waals surface area contributed by atoms with Crippen molar-refractivity contribution in [1.29, 1.82) is 0 Å². The van der Waals surface area contributed by atoms with E-state index in [0.717, 1.165) is 25.9 Å². The molecule has 3 heterocycles. The van der Waals surface area contributed by atoms with Gasteiger partial charge in [-0.05, 0) is 12.8 Å². The van der Waals surface area contributed by atoms with Gasteiger partial charge in [-0.15, -0.1) is 0 Å². The van der Waals surface area contributed by atoms with E-state index in [4.69, 9.17) is 28.4 Å². The summed E-state index contributed by atoms with van der Waals surface area (Å²) >= 11 is 0. The van der Waals surface area contributed by atoms with Gasteiger partial charge in [-0.25, -0.2) is 0 Å². The first-order valence-corrected chi connectivity index (χ1v) is 7.92. The Morgan fingerprint density at radius 1 is 1.00 bits per heavy atom. The van der Waals surface area contributed by atoms with E-state index in [9.17, 15) is 0 Å². The van der Waals surface area contributed by atoms with E-state index in [0.29, 0.717) is 33.0 Å². The molecule has 0 bridgehead atoms. The minimum absolute atomic E-state index is 0.0477. The van der Waals surface area contributed by atoms with Crippen LogP contribution in [-0.2, 0) is 28.4 Å². The average Bonchev–Trinajstić information content (AvgIpc) is 2.95. The van der Waals surface area contributed by atoms with Crippen molar-refractivity contribution in [3.8, 4) is 0 Å². The lowest BCUT2D eigenvalue weighted by atomic mass is 10.1. The lowest BCUT2D eigenvalue weighted by molar-refractivity contribution is -0.220. The predicted molar refractivity (Wildman–Crippen MR) is 74.4 cm³/mol. The van der Waals surface area contributed by atoms with Gasteiger partial charge in [0, 0.05) is 20.1 Å². The minimum atomic E-state index is 0.0477. The Bertz CT molecular complexity index is 307. The van der Waals surface area contributed by atoms with Crippen molar-refractivity contribution in [1.82, 2.24) is 0 Å². The number of methoxy groups -OCH3 is 1. The molecule has 3 aliphatic heterocycles. The molecule has 122 valence electrons. The van der Waals surface area contributed by atoms with Gasteiger partial charge in [0.25, 0.3) is 0 Å². The quantitative estimate of drug-likeness (QED) is 0.692. The SMILES string of the molecule is COC1COC(COC2COC2COC2CCCOC2)C1. The molecule has 6 nitrogen and oxygen atoms in total. The van der Waals surface area contributed by atoms with Crippen molar-refractivity contribution in [2.45, 2.75) is 49.8 Å². The summed E-state index contributed by atoms with van der Waals surface area (Å²) in [6.07, 6.45) is 3.80. The maximum absolute atomic E-state index is 5.89. The Labute approximate surface area is 126 Å². The van der Waals surface area contributed by atoms with Gasteiger partial charge < -0.3 is 28.4 Å². The molecule has 5 atom stereocenters. The predicted octanol–water partition coefficient (Wildman–Crippen LogP) is 0.770. The van der Waals surface area contributed by atoms with Crippen LogP contribution in [0.4, 0.5) is 0 Å². The van der Waals surface area contributed by atoms with E-state index in [-0.39, 0.29) is 30.5 Å². The van der Waals surface area contributed by atoms with Crippen molar-refractivity contribution >= 4 is 0 Å². The molecular weight excluding hydrogens is 276 g/mol. The maximum atomic E-state index is 5.89. The lowest BCUT2D eigenvalue weighted by Crippen LogP contribution is -2.51. The fourth-order valence-corrected chi connectivity index (χ4v) is 2.88. The molecule has 3 fully saturated rings. The molecule has 3 rings (SSSR count). The monoisotopic (exact) mass is 302 g/mol. The van der Waals surface area contributed by atoms with Crippen LogP contribution < -0.4 is 0 Å². The molecule has 5 unspecified atom stereocenters. The number of ether oxygens (including phenoxy) is 6. The van der Waals surface area contributed by atoms with Gasteiger partial charge in [0.2, 0.25) is 0 Å². The van der Waals surface area contributed by atoms with Gasteiger partial charge in [-0.1, -0.05) is 0 Å². The number of hydrogen-bond acceptors (Lipinski definition) is 6. The highest BCUT2D eigenvalue weighted by atomic mass is 16.6. The van der Waals surface area contributed by atoms with E-state index >= 15 is 0 Å². The first-order chi connectivity index (χ1) is 10.3. The summed E-state index contributed by atoms with van der Waals surface area (Å²) in [5, 5.41) is 0. The molecule has 0 aromatic heterocycles. The van der Waals surface area contributed by atoms with E-state index in [2.05, 4.69) is 0 Å². The third-order valence-corrected chi connectivity index (χ3v) is 4.38. The highest BCUT2D eigenvalue weighted by Gasteiger charge is 2.35. The van der Waals surface area contributed by atoms with Crippen LogP contribution in [0.1, 0.15) is 19.3 Å². The first-order valence-electron chi connectivity index (χ1n) is 7.92.